The smallest absolute Gasteiger partial charge is 0.293 e. The number of aryl methyl sites for hydroxylation is 2. The van der Waals surface area contributed by atoms with Gasteiger partial charge in [-0.05, 0) is 31.4 Å². The van der Waals surface area contributed by atoms with Gasteiger partial charge in [0.1, 0.15) is 17.5 Å². The van der Waals surface area contributed by atoms with E-state index in [0.29, 0.717) is 35.3 Å². The molecule has 1 fully saturated rings. The van der Waals surface area contributed by atoms with Gasteiger partial charge in [-0.3, -0.25) is 9.48 Å². The number of oxazole rings is 1. The van der Waals surface area contributed by atoms with Crippen molar-refractivity contribution in [3.8, 4) is 11.3 Å². The van der Waals surface area contributed by atoms with Crippen LogP contribution in [0.5, 0.6) is 0 Å². The molecule has 1 atom stereocenters. The van der Waals surface area contributed by atoms with E-state index in [0.717, 1.165) is 29.7 Å². The van der Waals surface area contributed by atoms with Crippen LogP contribution in [0.15, 0.2) is 51.7 Å². The van der Waals surface area contributed by atoms with Crippen LogP contribution in [-0.2, 0) is 13.5 Å². The van der Waals surface area contributed by atoms with Gasteiger partial charge in [0, 0.05) is 42.9 Å². The predicted molar refractivity (Wildman–Crippen MR) is 117 cm³/mol. The zero-order valence-corrected chi connectivity index (χ0v) is 18.5. The molecule has 0 N–H and O–H groups in total. The summed E-state index contributed by atoms with van der Waals surface area (Å²) in [5.74, 6) is 1.21. The molecule has 4 aromatic rings. The Bertz CT molecular complexity index is 1270. The molecule has 1 unspecified atom stereocenters. The van der Waals surface area contributed by atoms with E-state index in [2.05, 4.69) is 15.2 Å². The fourth-order valence-electron chi connectivity index (χ4n) is 4.15. The van der Waals surface area contributed by atoms with Gasteiger partial charge in [0.25, 0.3) is 5.91 Å². The second kappa shape index (κ2) is 8.27. The molecule has 8 nitrogen and oxygen atoms in total. The van der Waals surface area contributed by atoms with Gasteiger partial charge in [-0.2, -0.15) is 5.10 Å². The number of hydrogen-bond donors (Lipinski definition) is 0. The Morgan fingerprint density at radius 2 is 2.16 bits per heavy atom. The first-order valence-electron chi connectivity index (χ1n) is 10.5. The fraction of sp³-hybridized carbons (Fsp3) is 0.304. The van der Waals surface area contributed by atoms with Gasteiger partial charge in [-0.1, -0.05) is 35.0 Å². The maximum absolute atomic E-state index is 13.2. The van der Waals surface area contributed by atoms with Crippen molar-refractivity contribution in [2.75, 3.05) is 6.54 Å². The third kappa shape index (κ3) is 3.82. The van der Waals surface area contributed by atoms with Crippen molar-refractivity contribution in [2.24, 2.45) is 7.05 Å². The summed E-state index contributed by atoms with van der Waals surface area (Å²) in [7, 11) is 1.84. The highest BCUT2D eigenvalue weighted by atomic mass is 35.5. The molecule has 1 aromatic carbocycles. The fourth-order valence-corrected chi connectivity index (χ4v) is 4.35. The molecule has 3 aromatic heterocycles. The van der Waals surface area contributed by atoms with E-state index in [9.17, 15) is 4.79 Å². The molecule has 0 radical (unpaired) electrons. The van der Waals surface area contributed by atoms with Gasteiger partial charge < -0.3 is 13.8 Å². The molecule has 1 aliphatic heterocycles. The van der Waals surface area contributed by atoms with Crippen molar-refractivity contribution in [1.82, 2.24) is 24.8 Å². The maximum atomic E-state index is 13.2. The molecule has 9 heteroatoms. The van der Waals surface area contributed by atoms with Crippen molar-refractivity contribution < 1.29 is 13.7 Å². The zero-order valence-electron chi connectivity index (χ0n) is 17.8. The SMILES string of the molecule is Cc1nn(C)cc1-c1cc(C(=O)N2CCCC2c2ncc(Cc3ccccc3Cl)o2)on1. The quantitative estimate of drug-likeness (QED) is 0.440. The molecule has 164 valence electrons. The Labute approximate surface area is 189 Å². The number of halogens is 1. The summed E-state index contributed by atoms with van der Waals surface area (Å²) in [5, 5.41) is 9.09. The van der Waals surface area contributed by atoms with Gasteiger partial charge in [0.2, 0.25) is 11.7 Å². The first-order valence-corrected chi connectivity index (χ1v) is 10.8. The number of nitrogens with zero attached hydrogens (tertiary/aromatic N) is 5. The second-order valence-electron chi connectivity index (χ2n) is 7.97. The second-order valence-corrected chi connectivity index (χ2v) is 8.38. The van der Waals surface area contributed by atoms with Gasteiger partial charge in [-0.25, -0.2) is 4.98 Å². The van der Waals surface area contributed by atoms with Crippen molar-refractivity contribution >= 4 is 17.5 Å². The lowest BCUT2D eigenvalue weighted by molar-refractivity contribution is 0.0672. The molecule has 0 spiro atoms. The molecule has 0 aliphatic carbocycles. The average molecular weight is 452 g/mol. The molecule has 5 rings (SSSR count). The molecular weight excluding hydrogens is 430 g/mol. The van der Waals surface area contributed by atoms with Gasteiger partial charge in [0.05, 0.1) is 11.9 Å². The number of likely N-dealkylation sites (tertiary alicyclic amines) is 1. The maximum Gasteiger partial charge on any atom is 0.293 e. The van der Waals surface area contributed by atoms with Crippen LogP contribution in [0.25, 0.3) is 11.3 Å². The standard InChI is InChI=1S/C23H22ClN5O3/c1-14-17(13-28(2)26-14)19-11-21(32-27-19)23(30)29-9-5-8-20(29)22-25-12-16(31-22)10-15-6-3-4-7-18(15)24/h3-4,6-7,11-13,20H,5,8-10H2,1-2H3. The van der Waals surface area contributed by atoms with Crippen LogP contribution in [0.1, 0.15) is 52.3 Å². The largest absolute Gasteiger partial charge is 0.443 e. The van der Waals surface area contributed by atoms with Gasteiger partial charge >= 0.3 is 0 Å². The summed E-state index contributed by atoms with van der Waals surface area (Å²) in [4.78, 5) is 19.4. The Hall–Kier alpha value is -3.39. The number of hydrogen-bond acceptors (Lipinski definition) is 6. The van der Waals surface area contributed by atoms with E-state index in [1.165, 1.54) is 0 Å². The molecule has 0 saturated carbocycles. The number of amides is 1. The van der Waals surface area contributed by atoms with E-state index in [-0.39, 0.29) is 17.7 Å². The Kier molecular flexibility index (Phi) is 5.30. The molecule has 1 amide bonds. The van der Waals surface area contributed by atoms with Gasteiger partial charge in [0.15, 0.2) is 0 Å². The third-order valence-electron chi connectivity index (χ3n) is 5.70. The topological polar surface area (TPSA) is 90.2 Å². The van der Waals surface area contributed by atoms with E-state index >= 15 is 0 Å². The van der Waals surface area contributed by atoms with E-state index < -0.39 is 0 Å². The predicted octanol–water partition coefficient (Wildman–Crippen LogP) is 4.59. The molecular formula is C23H22ClN5O3. The number of carbonyl (C=O) groups is 1. The van der Waals surface area contributed by atoms with Crippen molar-refractivity contribution in [3.63, 3.8) is 0 Å². The highest BCUT2D eigenvalue weighted by molar-refractivity contribution is 6.31. The van der Waals surface area contributed by atoms with Crippen LogP contribution in [0.3, 0.4) is 0 Å². The number of aromatic nitrogens is 4. The zero-order chi connectivity index (χ0) is 22.2. The van der Waals surface area contributed by atoms with E-state index in [1.54, 1.807) is 21.8 Å². The third-order valence-corrected chi connectivity index (χ3v) is 6.07. The number of carbonyl (C=O) groups excluding carboxylic acids is 1. The van der Waals surface area contributed by atoms with Crippen molar-refractivity contribution in [3.05, 3.63) is 76.4 Å². The van der Waals surface area contributed by atoms with Crippen LogP contribution in [-0.4, -0.2) is 37.3 Å². The summed E-state index contributed by atoms with van der Waals surface area (Å²) < 4.78 is 13.1. The van der Waals surface area contributed by atoms with Crippen LogP contribution in [0, 0.1) is 6.92 Å². The molecule has 32 heavy (non-hydrogen) atoms. The summed E-state index contributed by atoms with van der Waals surface area (Å²) in [5.41, 5.74) is 3.22. The van der Waals surface area contributed by atoms with Crippen molar-refractivity contribution in [2.45, 2.75) is 32.2 Å². The molecule has 1 aliphatic rings. The minimum atomic E-state index is -0.240. The van der Waals surface area contributed by atoms with Crippen LogP contribution >= 0.6 is 11.6 Å². The summed E-state index contributed by atoms with van der Waals surface area (Å²) in [6, 6.07) is 9.07. The summed E-state index contributed by atoms with van der Waals surface area (Å²) in [6.07, 6.45) is 5.75. The minimum absolute atomic E-state index is 0.193. The lowest BCUT2D eigenvalue weighted by Gasteiger charge is -2.20. The highest BCUT2D eigenvalue weighted by Gasteiger charge is 2.35. The molecule has 4 heterocycles. The van der Waals surface area contributed by atoms with Crippen molar-refractivity contribution in [1.29, 1.82) is 0 Å². The Morgan fingerprint density at radius 1 is 1.31 bits per heavy atom. The molecule has 0 bridgehead atoms. The van der Waals surface area contributed by atoms with E-state index in [4.69, 9.17) is 20.5 Å². The highest BCUT2D eigenvalue weighted by Crippen LogP contribution is 2.34. The molecule has 1 saturated heterocycles. The lowest BCUT2D eigenvalue weighted by Crippen LogP contribution is -2.30. The first-order chi connectivity index (χ1) is 15.5. The Balaban J connectivity index is 1.34. The normalized spacial score (nSPS) is 16.1. The number of rotatable bonds is 5. The summed E-state index contributed by atoms with van der Waals surface area (Å²) in [6.45, 7) is 2.50. The Morgan fingerprint density at radius 3 is 2.94 bits per heavy atom. The van der Waals surface area contributed by atoms with Crippen LogP contribution < -0.4 is 0 Å². The number of benzene rings is 1. The minimum Gasteiger partial charge on any atom is -0.443 e. The van der Waals surface area contributed by atoms with Crippen LogP contribution in [0.2, 0.25) is 5.02 Å². The first kappa shape index (κ1) is 20.5. The van der Waals surface area contributed by atoms with E-state index in [1.807, 2.05) is 44.4 Å². The lowest BCUT2D eigenvalue weighted by atomic mass is 10.1. The monoisotopic (exact) mass is 451 g/mol. The summed E-state index contributed by atoms with van der Waals surface area (Å²) >= 11 is 6.26. The van der Waals surface area contributed by atoms with Crippen LogP contribution in [0.4, 0.5) is 0 Å². The average Bonchev–Trinajstić information content (AvgIpc) is 3.55. The van der Waals surface area contributed by atoms with Gasteiger partial charge in [-0.15, -0.1) is 0 Å².